The van der Waals surface area contributed by atoms with Crippen LogP contribution in [0.4, 0.5) is 5.69 Å². The van der Waals surface area contributed by atoms with Crippen molar-refractivity contribution in [2.45, 2.75) is 25.1 Å². The lowest BCUT2D eigenvalue weighted by atomic mass is 9.92. The number of rotatable bonds is 3. The number of amides is 1. The quantitative estimate of drug-likeness (QED) is 0.549. The number of anilines is 1. The van der Waals surface area contributed by atoms with E-state index in [0.29, 0.717) is 24.5 Å². The summed E-state index contributed by atoms with van der Waals surface area (Å²) in [6.07, 6.45) is 0.661. The first kappa shape index (κ1) is 19.4. The molecule has 0 radical (unpaired) electrons. The van der Waals surface area contributed by atoms with Gasteiger partial charge >= 0.3 is 5.72 Å². The smallest absolute Gasteiger partial charge is 0.306 e. The van der Waals surface area contributed by atoms with E-state index in [1.54, 1.807) is 0 Å². The van der Waals surface area contributed by atoms with Gasteiger partial charge in [-0.25, -0.2) is 5.01 Å². The van der Waals surface area contributed by atoms with Gasteiger partial charge in [0.15, 0.2) is 11.5 Å². The lowest BCUT2D eigenvalue weighted by Gasteiger charge is -2.44. The number of ether oxygens (including phenoxy) is 2. The SMILES string of the molecule is CCOc1cccc2c1O[C@]1(C(=O)Nc3ccc(Br)cc31)N1N=C(c3ccccc3)C[C@@H]21. The van der Waals surface area contributed by atoms with Gasteiger partial charge in [-0.1, -0.05) is 58.4 Å². The summed E-state index contributed by atoms with van der Waals surface area (Å²) in [7, 11) is 0. The molecule has 32 heavy (non-hydrogen) atoms. The molecule has 0 fully saturated rings. The molecule has 1 spiro atoms. The van der Waals surface area contributed by atoms with Gasteiger partial charge in [-0.2, -0.15) is 5.10 Å². The van der Waals surface area contributed by atoms with Gasteiger partial charge < -0.3 is 14.8 Å². The number of para-hydroxylation sites is 1. The summed E-state index contributed by atoms with van der Waals surface area (Å²) in [5, 5.41) is 9.81. The molecule has 3 aromatic carbocycles. The monoisotopic (exact) mass is 489 g/mol. The Morgan fingerprint density at radius 3 is 2.84 bits per heavy atom. The maximum atomic E-state index is 13.6. The van der Waals surface area contributed by atoms with Crippen molar-refractivity contribution >= 4 is 33.2 Å². The average molecular weight is 490 g/mol. The molecule has 0 aliphatic carbocycles. The number of hydrogen-bond acceptors (Lipinski definition) is 5. The van der Waals surface area contributed by atoms with E-state index < -0.39 is 5.72 Å². The minimum absolute atomic E-state index is 0.162. The largest absolute Gasteiger partial charge is 0.490 e. The van der Waals surface area contributed by atoms with Gasteiger partial charge in [-0.3, -0.25) is 4.79 Å². The lowest BCUT2D eigenvalue weighted by molar-refractivity contribution is -0.161. The number of hydrogen-bond donors (Lipinski definition) is 1. The van der Waals surface area contributed by atoms with Crippen molar-refractivity contribution in [1.29, 1.82) is 0 Å². The van der Waals surface area contributed by atoms with Crippen LogP contribution in [-0.2, 0) is 10.5 Å². The number of halogens is 1. The first-order valence-corrected chi connectivity index (χ1v) is 11.4. The topological polar surface area (TPSA) is 63.2 Å². The van der Waals surface area contributed by atoms with Crippen LogP contribution >= 0.6 is 15.9 Å². The molecule has 0 saturated carbocycles. The summed E-state index contributed by atoms with van der Waals surface area (Å²) in [6, 6.07) is 21.5. The van der Waals surface area contributed by atoms with E-state index >= 15 is 0 Å². The number of nitrogens with zero attached hydrogens (tertiary/aromatic N) is 2. The fraction of sp³-hybridized carbons (Fsp3) is 0.200. The zero-order valence-electron chi connectivity index (χ0n) is 17.3. The van der Waals surface area contributed by atoms with Crippen molar-refractivity contribution in [3.05, 3.63) is 87.9 Å². The zero-order valence-corrected chi connectivity index (χ0v) is 18.9. The zero-order chi connectivity index (χ0) is 21.9. The first-order chi connectivity index (χ1) is 15.6. The van der Waals surface area contributed by atoms with E-state index in [2.05, 4.69) is 21.2 Å². The fourth-order valence-corrected chi connectivity index (χ4v) is 5.14. The molecule has 160 valence electrons. The minimum Gasteiger partial charge on any atom is -0.490 e. The number of fused-ring (bicyclic) bond motifs is 6. The van der Waals surface area contributed by atoms with Crippen molar-refractivity contribution in [3.63, 3.8) is 0 Å². The highest BCUT2D eigenvalue weighted by Crippen LogP contribution is 2.56. The summed E-state index contributed by atoms with van der Waals surface area (Å²) >= 11 is 3.55. The highest BCUT2D eigenvalue weighted by molar-refractivity contribution is 9.10. The Bertz CT molecular complexity index is 1280. The van der Waals surface area contributed by atoms with E-state index in [9.17, 15) is 4.79 Å². The third-order valence-electron chi connectivity index (χ3n) is 6.16. The summed E-state index contributed by atoms with van der Waals surface area (Å²) in [5.74, 6) is 0.974. The summed E-state index contributed by atoms with van der Waals surface area (Å²) in [5.41, 5.74) is 2.96. The van der Waals surface area contributed by atoms with Crippen LogP contribution in [0.2, 0.25) is 0 Å². The van der Waals surface area contributed by atoms with Gasteiger partial charge in [0.2, 0.25) is 0 Å². The number of carbonyl (C=O) groups is 1. The molecule has 1 amide bonds. The van der Waals surface area contributed by atoms with Crippen molar-refractivity contribution < 1.29 is 14.3 Å². The van der Waals surface area contributed by atoms with Crippen LogP contribution in [0.15, 0.2) is 76.3 Å². The third-order valence-corrected chi connectivity index (χ3v) is 6.65. The van der Waals surface area contributed by atoms with Crippen LogP contribution in [0.25, 0.3) is 0 Å². The molecule has 3 aliphatic rings. The average Bonchev–Trinajstić information content (AvgIpc) is 3.37. The Morgan fingerprint density at radius 2 is 2.03 bits per heavy atom. The molecule has 7 heteroatoms. The second kappa shape index (κ2) is 7.10. The predicted octanol–water partition coefficient (Wildman–Crippen LogP) is 5.20. The van der Waals surface area contributed by atoms with Crippen molar-refractivity contribution in [2.24, 2.45) is 5.10 Å². The molecule has 2 atom stereocenters. The van der Waals surface area contributed by atoms with Crippen LogP contribution in [0.5, 0.6) is 11.5 Å². The Kier molecular flexibility index (Phi) is 4.30. The maximum absolute atomic E-state index is 13.6. The molecular formula is C25H20BrN3O3. The number of hydrazone groups is 1. The number of carbonyl (C=O) groups excluding carboxylic acids is 1. The predicted molar refractivity (Wildman–Crippen MR) is 125 cm³/mol. The second-order valence-electron chi connectivity index (χ2n) is 7.97. The lowest BCUT2D eigenvalue weighted by Crippen LogP contribution is -2.55. The van der Waals surface area contributed by atoms with E-state index in [1.807, 2.05) is 78.7 Å². The normalized spacial score (nSPS) is 22.6. The summed E-state index contributed by atoms with van der Waals surface area (Å²) < 4.78 is 13.4. The molecule has 3 aliphatic heterocycles. The van der Waals surface area contributed by atoms with Crippen molar-refractivity contribution in [1.82, 2.24) is 5.01 Å². The molecule has 3 aromatic rings. The second-order valence-corrected chi connectivity index (χ2v) is 8.89. The Hall–Kier alpha value is -3.32. The molecule has 0 aromatic heterocycles. The Labute approximate surface area is 194 Å². The Balaban J connectivity index is 1.59. The molecule has 3 heterocycles. The van der Waals surface area contributed by atoms with Gasteiger partial charge in [-0.05, 0) is 36.8 Å². The van der Waals surface area contributed by atoms with Gasteiger partial charge in [0.1, 0.15) is 0 Å². The molecule has 6 rings (SSSR count). The standard InChI is InChI=1S/C25H20BrN3O3/c1-2-31-22-10-6-9-17-21-14-20(15-7-4-3-5-8-15)28-29(21)25(32-23(17)22)18-13-16(26)11-12-19(18)27-24(25)30/h3-13,21H,2,14H2,1H3,(H,27,30)/t21-,25+/m0/s1. The first-order valence-electron chi connectivity index (χ1n) is 10.6. The van der Waals surface area contributed by atoms with E-state index in [4.69, 9.17) is 14.6 Å². The molecule has 0 bridgehead atoms. The van der Waals surface area contributed by atoms with Crippen LogP contribution in [-0.4, -0.2) is 23.2 Å². The van der Waals surface area contributed by atoms with Crippen LogP contribution in [0.1, 0.15) is 36.1 Å². The fourth-order valence-electron chi connectivity index (χ4n) is 4.78. The highest BCUT2D eigenvalue weighted by Gasteiger charge is 2.61. The van der Waals surface area contributed by atoms with Gasteiger partial charge in [0, 0.05) is 16.5 Å². The van der Waals surface area contributed by atoms with Crippen LogP contribution in [0, 0.1) is 0 Å². The van der Waals surface area contributed by atoms with Gasteiger partial charge in [0.25, 0.3) is 5.91 Å². The van der Waals surface area contributed by atoms with Crippen molar-refractivity contribution in [3.8, 4) is 11.5 Å². The Morgan fingerprint density at radius 1 is 1.19 bits per heavy atom. The van der Waals surface area contributed by atoms with Crippen molar-refractivity contribution in [2.75, 3.05) is 11.9 Å². The molecule has 0 saturated heterocycles. The summed E-state index contributed by atoms with van der Waals surface area (Å²) in [6.45, 7) is 2.44. The summed E-state index contributed by atoms with van der Waals surface area (Å²) in [4.78, 5) is 13.6. The van der Waals surface area contributed by atoms with E-state index in [0.717, 1.165) is 32.6 Å². The van der Waals surface area contributed by atoms with Gasteiger partial charge in [-0.15, -0.1) is 0 Å². The third kappa shape index (κ3) is 2.64. The molecule has 0 unspecified atom stereocenters. The van der Waals surface area contributed by atoms with E-state index in [-0.39, 0.29) is 11.9 Å². The minimum atomic E-state index is -1.42. The van der Waals surface area contributed by atoms with E-state index in [1.165, 1.54) is 0 Å². The maximum Gasteiger partial charge on any atom is 0.306 e. The molecular weight excluding hydrogens is 470 g/mol. The highest BCUT2D eigenvalue weighted by atomic mass is 79.9. The molecule has 6 nitrogen and oxygen atoms in total. The van der Waals surface area contributed by atoms with Gasteiger partial charge in [0.05, 0.1) is 29.6 Å². The molecule has 1 N–H and O–H groups in total. The number of nitrogens with one attached hydrogen (secondary N) is 1. The number of benzene rings is 3. The van der Waals surface area contributed by atoms with Crippen LogP contribution < -0.4 is 14.8 Å². The van der Waals surface area contributed by atoms with Crippen LogP contribution in [0.3, 0.4) is 0 Å².